The average Bonchev–Trinajstić information content (AvgIpc) is 2.43. The van der Waals surface area contributed by atoms with Crippen molar-refractivity contribution < 1.29 is 9.13 Å². The first-order chi connectivity index (χ1) is 9.60. The molecule has 5 nitrogen and oxygen atoms in total. The van der Waals surface area contributed by atoms with Crippen LogP contribution in [0.4, 0.5) is 21.7 Å². The standard InChI is InChI=1S/C14H17FN4O/c1-3-20-9-13-17-12(16)8-14(18-13)19(2)11-6-4-5-10(15)7-11/h4-8H,3,9H2,1-2H3,(H2,16,17,18). The van der Waals surface area contributed by atoms with Crippen molar-refractivity contribution in [2.45, 2.75) is 13.5 Å². The molecule has 0 aliphatic rings. The van der Waals surface area contributed by atoms with E-state index in [0.29, 0.717) is 36.4 Å². The minimum atomic E-state index is -0.300. The Kier molecular flexibility index (Phi) is 4.47. The lowest BCUT2D eigenvalue weighted by molar-refractivity contribution is 0.128. The highest BCUT2D eigenvalue weighted by Gasteiger charge is 2.09. The zero-order valence-corrected chi connectivity index (χ0v) is 11.5. The molecule has 0 atom stereocenters. The monoisotopic (exact) mass is 276 g/mol. The van der Waals surface area contributed by atoms with Gasteiger partial charge in [-0.25, -0.2) is 14.4 Å². The number of ether oxygens (including phenoxy) is 1. The summed E-state index contributed by atoms with van der Waals surface area (Å²) in [6, 6.07) is 7.91. The highest BCUT2D eigenvalue weighted by molar-refractivity contribution is 5.61. The van der Waals surface area contributed by atoms with Gasteiger partial charge in [-0.15, -0.1) is 0 Å². The van der Waals surface area contributed by atoms with E-state index in [1.807, 2.05) is 6.92 Å². The molecule has 0 saturated carbocycles. The Hall–Kier alpha value is -2.21. The second-order valence-electron chi connectivity index (χ2n) is 4.24. The quantitative estimate of drug-likeness (QED) is 0.909. The van der Waals surface area contributed by atoms with Gasteiger partial charge in [0.2, 0.25) is 0 Å². The molecule has 106 valence electrons. The summed E-state index contributed by atoms with van der Waals surface area (Å²) in [4.78, 5) is 10.2. The maximum absolute atomic E-state index is 13.3. The van der Waals surface area contributed by atoms with Gasteiger partial charge in [0.25, 0.3) is 0 Å². The molecule has 0 amide bonds. The SMILES string of the molecule is CCOCc1nc(N)cc(N(C)c2cccc(F)c2)n1. The molecular weight excluding hydrogens is 259 g/mol. The lowest BCUT2D eigenvalue weighted by atomic mass is 10.3. The lowest BCUT2D eigenvalue weighted by Crippen LogP contribution is -2.14. The Balaban J connectivity index is 2.29. The van der Waals surface area contributed by atoms with Crippen molar-refractivity contribution in [3.05, 3.63) is 42.0 Å². The van der Waals surface area contributed by atoms with E-state index in [1.54, 1.807) is 30.1 Å². The zero-order valence-electron chi connectivity index (χ0n) is 11.5. The third-order valence-corrected chi connectivity index (χ3v) is 2.75. The van der Waals surface area contributed by atoms with Crippen LogP contribution in [0.3, 0.4) is 0 Å². The van der Waals surface area contributed by atoms with Crippen LogP contribution in [0.25, 0.3) is 0 Å². The number of halogens is 1. The fraction of sp³-hybridized carbons (Fsp3) is 0.286. The molecule has 0 spiro atoms. The second-order valence-corrected chi connectivity index (χ2v) is 4.24. The highest BCUT2D eigenvalue weighted by atomic mass is 19.1. The van der Waals surface area contributed by atoms with Crippen molar-refractivity contribution in [1.82, 2.24) is 9.97 Å². The summed E-state index contributed by atoms with van der Waals surface area (Å²) in [5.41, 5.74) is 6.46. The number of hydrogen-bond donors (Lipinski definition) is 1. The van der Waals surface area contributed by atoms with Crippen LogP contribution in [-0.2, 0) is 11.3 Å². The molecule has 1 aromatic heterocycles. The first-order valence-electron chi connectivity index (χ1n) is 6.30. The lowest BCUT2D eigenvalue weighted by Gasteiger charge is -2.19. The predicted octanol–water partition coefficient (Wildman–Crippen LogP) is 2.50. The van der Waals surface area contributed by atoms with Crippen LogP contribution >= 0.6 is 0 Å². The van der Waals surface area contributed by atoms with Crippen LogP contribution in [0.5, 0.6) is 0 Å². The molecule has 2 rings (SSSR count). The third-order valence-electron chi connectivity index (χ3n) is 2.75. The molecule has 1 aromatic carbocycles. The van der Waals surface area contributed by atoms with E-state index in [2.05, 4.69) is 9.97 Å². The fourth-order valence-corrected chi connectivity index (χ4v) is 1.75. The molecule has 2 N–H and O–H groups in total. The summed E-state index contributed by atoms with van der Waals surface area (Å²) in [7, 11) is 1.79. The molecule has 0 unspecified atom stereocenters. The highest BCUT2D eigenvalue weighted by Crippen LogP contribution is 2.23. The number of nitrogen functional groups attached to an aromatic ring is 1. The predicted molar refractivity (Wildman–Crippen MR) is 76.2 cm³/mol. The van der Waals surface area contributed by atoms with Gasteiger partial charge < -0.3 is 15.4 Å². The average molecular weight is 276 g/mol. The van der Waals surface area contributed by atoms with Crippen LogP contribution in [0, 0.1) is 5.82 Å². The molecular formula is C14H17FN4O. The topological polar surface area (TPSA) is 64.3 Å². The van der Waals surface area contributed by atoms with E-state index in [4.69, 9.17) is 10.5 Å². The van der Waals surface area contributed by atoms with Crippen LogP contribution in [-0.4, -0.2) is 23.6 Å². The van der Waals surface area contributed by atoms with Crippen LogP contribution in [0.15, 0.2) is 30.3 Å². The normalized spacial score (nSPS) is 10.6. The number of rotatable bonds is 5. The van der Waals surface area contributed by atoms with Gasteiger partial charge >= 0.3 is 0 Å². The van der Waals surface area contributed by atoms with Crippen LogP contribution in [0.1, 0.15) is 12.7 Å². The van der Waals surface area contributed by atoms with Crippen LogP contribution in [0.2, 0.25) is 0 Å². The summed E-state index contributed by atoms with van der Waals surface area (Å²) < 4.78 is 18.5. The summed E-state index contributed by atoms with van der Waals surface area (Å²) in [5.74, 6) is 1.15. The Morgan fingerprint density at radius 3 is 2.80 bits per heavy atom. The number of nitrogens with zero attached hydrogens (tertiary/aromatic N) is 3. The first kappa shape index (κ1) is 14.2. The van der Waals surface area contributed by atoms with E-state index in [1.165, 1.54) is 12.1 Å². The van der Waals surface area contributed by atoms with E-state index < -0.39 is 0 Å². The van der Waals surface area contributed by atoms with Gasteiger partial charge in [0, 0.05) is 25.4 Å². The van der Waals surface area contributed by atoms with Gasteiger partial charge in [0.05, 0.1) is 0 Å². The molecule has 0 aliphatic carbocycles. The maximum atomic E-state index is 13.3. The third kappa shape index (κ3) is 3.42. The van der Waals surface area contributed by atoms with Gasteiger partial charge in [0.1, 0.15) is 24.1 Å². The molecule has 20 heavy (non-hydrogen) atoms. The largest absolute Gasteiger partial charge is 0.384 e. The zero-order chi connectivity index (χ0) is 14.5. The van der Waals surface area contributed by atoms with Gasteiger partial charge in [-0.1, -0.05) is 6.07 Å². The summed E-state index contributed by atoms with van der Waals surface area (Å²) in [5, 5.41) is 0. The number of benzene rings is 1. The number of anilines is 3. The number of nitrogens with two attached hydrogens (primary N) is 1. The van der Waals surface area contributed by atoms with E-state index >= 15 is 0 Å². The van der Waals surface area contributed by atoms with E-state index in [-0.39, 0.29) is 5.82 Å². The number of hydrogen-bond acceptors (Lipinski definition) is 5. The van der Waals surface area contributed by atoms with Crippen molar-refractivity contribution >= 4 is 17.3 Å². The van der Waals surface area contributed by atoms with Crippen molar-refractivity contribution in [2.24, 2.45) is 0 Å². The van der Waals surface area contributed by atoms with Gasteiger partial charge in [-0.3, -0.25) is 0 Å². The molecule has 6 heteroatoms. The minimum Gasteiger partial charge on any atom is -0.384 e. The molecule has 0 radical (unpaired) electrons. The smallest absolute Gasteiger partial charge is 0.158 e. The fourth-order valence-electron chi connectivity index (χ4n) is 1.75. The minimum absolute atomic E-state index is 0.297. The number of aromatic nitrogens is 2. The van der Waals surface area contributed by atoms with Crippen molar-refractivity contribution in [1.29, 1.82) is 0 Å². The molecule has 0 saturated heterocycles. The Labute approximate surface area is 117 Å². The molecule has 0 aliphatic heterocycles. The van der Waals surface area contributed by atoms with E-state index in [9.17, 15) is 4.39 Å². The van der Waals surface area contributed by atoms with Crippen molar-refractivity contribution in [3.8, 4) is 0 Å². The second kappa shape index (κ2) is 6.29. The Morgan fingerprint density at radius 1 is 1.30 bits per heavy atom. The summed E-state index contributed by atoms with van der Waals surface area (Å²) in [6.45, 7) is 2.77. The van der Waals surface area contributed by atoms with Gasteiger partial charge in [-0.2, -0.15) is 0 Å². The Bertz CT molecular complexity index is 591. The van der Waals surface area contributed by atoms with E-state index in [0.717, 1.165) is 0 Å². The van der Waals surface area contributed by atoms with Crippen molar-refractivity contribution in [2.75, 3.05) is 24.3 Å². The van der Waals surface area contributed by atoms with Gasteiger partial charge in [0.15, 0.2) is 5.82 Å². The van der Waals surface area contributed by atoms with Crippen LogP contribution < -0.4 is 10.6 Å². The Morgan fingerprint density at radius 2 is 2.10 bits per heavy atom. The maximum Gasteiger partial charge on any atom is 0.158 e. The van der Waals surface area contributed by atoms with Crippen molar-refractivity contribution in [3.63, 3.8) is 0 Å². The molecule has 0 fully saturated rings. The molecule has 2 aromatic rings. The molecule has 1 heterocycles. The molecule has 0 bridgehead atoms. The first-order valence-corrected chi connectivity index (χ1v) is 6.30. The summed E-state index contributed by atoms with van der Waals surface area (Å²) >= 11 is 0. The summed E-state index contributed by atoms with van der Waals surface area (Å²) in [6.07, 6.45) is 0. The van der Waals surface area contributed by atoms with Gasteiger partial charge in [-0.05, 0) is 25.1 Å².